The molecule has 1 rings (SSSR count). The van der Waals surface area contributed by atoms with Gasteiger partial charge in [-0.05, 0) is 32.2 Å². The van der Waals surface area contributed by atoms with Crippen LogP contribution in [0.3, 0.4) is 0 Å². The van der Waals surface area contributed by atoms with Crippen LogP contribution in [0.1, 0.15) is 52.9 Å². The smallest absolute Gasteiger partial charge is 0.226 e. The first kappa shape index (κ1) is 13.5. The Balaban J connectivity index is 2.50. The van der Waals surface area contributed by atoms with Crippen molar-refractivity contribution in [3.63, 3.8) is 0 Å². The van der Waals surface area contributed by atoms with Crippen molar-refractivity contribution < 1.29 is 4.79 Å². The van der Waals surface area contributed by atoms with Crippen molar-refractivity contribution in [2.24, 2.45) is 17.1 Å². The highest BCUT2D eigenvalue weighted by Gasteiger charge is 2.35. The van der Waals surface area contributed by atoms with Gasteiger partial charge in [0, 0.05) is 11.5 Å². The summed E-state index contributed by atoms with van der Waals surface area (Å²) in [5.41, 5.74) is 5.47. The molecule has 1 aliphatic rings. The van der Waals surface area contributed by atoms with E-state index >= 15 is 0 Å². The summed E-state index contributed by atoms with van der Waals surface area (Å²) in [5.74, 6) is 0.566. The van der Waals surface area contributed by atoms with E-state index in [1.54, 1.807) is 0 Å². The molecule has 16 heavy (non-hydrogen) atoms. The average Bonchev–Trinajstić information content (AvgIpc) is 2.28. The normalized spacial score (nSPS) is 23.5. The van der Waals surface area contributed by atoms with E-state index < -0.39 is 0 Å². The van der Waals surface area contributed by atoms with Crippen molar-refractivity contribution in [3.8, 4) is 0 Å². The van der Waals surface area contributed by atoms with Crippen molar-refractivity contribution >= 4 is 5.91 Å². The fourth-order valence-corrected chi connectivity index (χ4v) is 2.29. The molecule has 0 radical (unpaired) electrons. The molecule has 1 amide bonds. The van der Waals surface area contributed by atoms with Crippen molar-refractivity contribution in [2.75, 3.05) is 6.54 Å². The summed E-state index contributed by atoms with van der Waals surface area (Å²) in [4.78, 5) is 12.2. The van der Waals surface area contributed by atoms with E-state index in [9.17, 15) is 4.79 Å². The van der Waals surface area contributed by atoms with E-state index in [0.717, 1.165) is 12.8 Å². The molecule has 0 bridgehead atoms. The van der Waals surface area contributed by atoms with Crippen molar-refractivity contribution in [1.29, 1.82) is 0 Å². The highest BCUT2D eigenvalue weighted by atomic mass is 16.2. The molecule has 0 aromatic heterocycles. The number of hydrogen-bond donors (Lipinski definition) is 2. The number of nitrogens with two attached hydrogens (primary N) is 1. The van der Waals surface area contributed by atoms with Gasteiger partial charge in [-0.3, -0.25) is 4.79 Å². The van der Waals surface area contributed by atoms with Gasteiger partial charge in [-0.25, -0.2) is 0 Å². The lowest BCUT2D eigenvalue weighted by Gasteiger charge is -2.34. The third kappa shape index (κ3) is 3.21. The summed E-state index contributed by atoms with van der Waals surface area (Å²) < 4.78 is 0. The van der Waals surface area contributed by atoms with Gasteiger partial charge < -0.3 is 11.1 Å². The molecule has 0 aromatic carbocycles. The maximum atomic E-state index is 12.2. The summed E-state index contributed by atoms with van der Waals surface area (Å²) in [6.45, 7) is 6.84. The largest absolute Gasteiger partial charge is 0.353 e. The second-order valence-electron chi connectivity index (χ2n) is 5.60. The van der Waals surface area contributed by atoms with Gasteiger partial charge >= 0.3 is 0 Å². The Morgan fingerprint density at radius 3 is 2.38 bits per heavy atom. The van der Waals surface area contributed by atoms with Gasteiger partial charge in [0.2, 0.25) is 5.91 Å². The Kier molecular flexibility index (Phi) is 4.78. The minimum atomic E-state index is -0.138. The lowest BCUT2D eigenvalue weighted by molar-refractivity contribution is -0.132. The van der Waals surface area contributed by atoms with Crippen LogP contribution >= 0.6 is 0 Å². The molecular weight excluding hydrogens is 200 g/mol. The minimum Gasteiger partial charge on any atom is -0.353 e. The van der Waals surface area contributed by atoms with E-state index in [-0.39, 0.29) is 17.4 Å². The molecule has 2 unspecified atom stereocenters. The summed E-state index contributed by atoms with van der Waals surface area (Å²) in [5, 5.41) is 3.12. The van der Waals surface area contributed by atoms with Crippen LogP contribution in [0.25, 0.3) is 0 Å². The Bertz CT molecular complexity index is 234. The van der Waals surface area contributed by atoms with Crippen LogP contribution in [-0.4, -0.2) is 18.5 Å². The van der Waals surface area contributed by atoms with Gasteiger partial charge in [0.25, 0.3) is 0 Å². The lowest BCUT2D eigenvalue weighted by atomic mass is 9.75. The lowest BCUT2D eigenvalue weighted by Crippen LogP contribution is -2.47. The van der Waals surface area contributed by atoms with Crippen LogP contribution in [0.4, 0.5) is 0 Å². The van der Waals surface area contributed by atoms with Gasteiger partial charge in [0.1, 0.15) is 0 Å². The highest BCUT2D eigenvalue weighted by Crippen LogP contribution is 2.35. The second kappa shape index (κ2) is 5.67. The molecule has 3 heteroatoms. The van der Waals surface area contributed by atoms with Crippen LogP contribution in [0.2, 0.25) is 0 Å². The molecule has 0 aromatic rings. The predicted molar refractivity (Wildman–Crippen MR) is 67.0 cm³/mol. The summed E-state index contributed by atoms with van der Waals surface area (Å²) in [7, 11) is 0. The first-order valence-electron chi connectivity index (χ1n) is 6.50. The van der Waals surface area contributed by atoms with Crippen molar-refractivity contribution in [1.82, 2.24) is 5.32 Å². The molecule has 0 heterocycles. The molecule has 3 nitrogen and oxygen atoms in total. The maximum absolute atomic E-state index is 12.2. The molecule has 94 valence electrons. The fourth-order valence-electron chi connectivity index (χ4n) is 2.29. The highest BCUT2D eigenvalue weighted by molar-refractivity contribution is 5.82. The van der Waals surface area contributed by atoms with Gasteiger partial charge in [-0.1, -0.05) is 33.1 Å². The molecule has 0 aliphatic heterocycles. The standard InChI is InChI=1S/C13H26N2O/c1-10(9-14)11(2)15-12(16)13(3)7-5-4-6-8-13/h10-11H,4-9,14H2,1-3H3,(H,15,16). The summed E-state index contributed by atoms with van der Waals surface area (Å²) in [6.07, 6.45) is 5.71. The topological polar surface area (TPSA) is 55.1 Å². The number of rotatable bonds is 4. The van der Waals surface area contributed by atoms with Crippen LogP contribution in [-0.2, 0) is 4.79 Å². The number of carbonyl (C=O) groups is 1. The number of hydrogen-bond acceptors (Lipinski definition) is 2. The third-order valence-corrected chi connectivity index (χ3v) is 4.09. The van der Waals surface area contributed by atoms with Crippen LogP contribution in [0.15, 0.2) is 0 Å². The van der Waals surface area contributed by atoms with Gasteiger partial charge in [0.05, 0.1) is 0 Å². The van der Waals surface area contributed by atoms with Gasteiger partial charge in [0.15, 0.2) is 0 Å². The van der Waals surface area contributed by atoms with Crippen LogP contribution in [0, 0.1) is 11.3 Å². The second-order valence-corrected chi connectivity index (χ2v) is 5.60. The van der Waals surface area contributed by atoms with Gasteiger partial charge in [-0.2, -0.15) is 0 Å². The molecule has 2 atom stereocenters. The summed E-state index contributed by atoms with van der Waals surface area (Å²) >= 11 is 0. The molecule has 1 fully saturated rings. The first-order valence-corrected chi connectivity index (χ1v) is 6.50. The molecule has 0 saturated heterocycles. The average molecular weight is 226 g/mol. The molecule has 1 aliphatic carbocycles. The van der Waals surface area contributed by atoms with E-state index in [1.807, 2.05) is 6.92 Å². The fraction of sp³-hybridized carbons (Fsp3) is 0.923. The first-order chi connectivity index (χ1) is 7.49. The Hall–Kier alpha value is -0.570. The monoisotopic (exact) mass is 226 g/mol. The maximum Gasteiger partial charge on any atom is 0.226 e. The van der Waals surface area contributed by atoms with E-state index in [4.69, 9.17) is 5.73 Å². The van der Waals surface area contributed by atoms with E-state index in [2.05, 4.69) is 19.2 Å². The SMILES string of the molecule is CC(CN)C(C)NC(=O)C1(C)CCCCC1. The van der Waals surface area contributed by atoms with Gasteiger partial charge in [-0.15, -0.1) is 0 Å². The summed E-state index contributed by atoms with van der Waals surface area (Å²) in [6, 6.07) is 0.177. The zero-order chi connectivity index (χ0) is 12.2. The van der Waals surface area contributed by atoms with Crippen LogP contribution < -0.4 is 11.1 Å². The minimum absolute atomic E-state index is 0.138. The zero-order valence-electron chi connectivity index (χ0n) is 10.9. The van der Waals surface area contributed by atoms with Crippen LogP contribution in [0.5, 0.6) is 0 Å². The predicted octanol–water partition coefficient (Wildman–Crippen LogP) is 2.06. The quantitative estimate of drug-likeness (QED) is 0.771. The number of amides is 1. The Morgan fingerprint density at radius 2 is 1.88 bits per heavy atom. The molecule has 0 spiro atoms. The molecular formula is C13H26N2O. The Labute approximate surface area is 99.2 Å². The zero-order valence-corrected chi connectivity index (χ0v) is 10.9. The van der Waals surface area contributed by atoms with E-state index in [1.165, 1.54) is 19.3 Å². The number of carbonyl (C=O) groups excluding carboxylic acids is 1. The molecule has 1 saturated carbocycles. The third-order valence-electron chi connectivity index (χ3n) is 4.09. The van der Waals surface area contributed by atoms with Crippen molar-refractivity contribution in [2.45, 2.75) is 58.9 Å². The number of nitrogens with one attached hydrogen (secondary N) is 1. The van der Waals surface area contributed by atoms with E-state index in [0.29, 0.717) is 12.5 Å². The van der Waals surface area contributed by atoms with Crippen molar-refractivity contribution in [3.05, 3.63) is 0 Å². The molecule has 3 N–H and O–H groups in total. The Morgan fingerprint density at radius 1 is 1.31 bits per heavy atom.